The van der Waals surface area contributed by atoms with Crippen molar-refractivity contribution in [2.45, 2.75) is 82.7 Å². The van der Waals surface area contributed by atoms with Crippen LogP contribution in [0.1, 0.15) is 52.7 Å². The molecule has 1 aliphatic carbocycles. The molecule has 3 fully saturated rings. The van der Waals surface area contributed by atoms with Gasteiger partial charge in [0.15, 0.2) is 23.1 Å². The quantitative estimate of drug-likeness (QED) is 0.399. The van der Waals surface area contributed by atoms with Gasteiger partial charge in [0.2, 0.25) is 11.8 Å². The zero-order valence-electron chi connectivity index (χ0n) is 20.3. The summed E-state index contributed by atoms with van der Waals surface area (Å²) in [4.78, 5) is 24.9. The van der Waals surface area contributed by atoms with E-state index in [-0.39, 0.29) is 30.2 Å². The molecule has 3 N–H and O–H groups in total. The summed E-state index contributed by atoms with van der Waals surface area (Å²) in [6.07, 6.45) is 1.41. The van der Waals surface area contributed by atoms with E-state index in [9.17, 15) is 9.36 Å². The minimum Gasteiger partial charge on any atom is -0.476 e. The summed E-state index contributed by atoms with van der Waals surface area (Å²) in [5.41, 5.74) is 4.14. The second-order valence-electron chi connectivity index (χ2n) is 9.34. The smallest absolute Gasteiger partial charge is 0.406 e. The predicted molar refractivity (Wildman–Crippen MR) is 124 cm³/mol. The average molecular weight is 528 g/mol. The van der Waals surface area contributed by atoms with Crippen molar-refractivity contribution in [1.82, 2.24) is 24.6 Å². The molecular formula is C21H30FN6O7P. The van der Waals surface area contributed by atoms with Crippen molar-refractivity contribution < 1.29 is 37.0 Å². The Labute approximate surface area is 206 Å². The van der Waals surface area contributed by atoms with Gasteiger partial charge in [0.1, 0.15) is 24.4 Å². The van der Waals surface area contributed by atoms with Crippen LogP contribution < -0.4 is 15.6 Å². The van der Waals surface area contributed by atoms with Crippen molar-refractivity contribution >= 4 is 30.8 Å². The van der Waals surface area contributed by atoms with Crippen LogP contribution in [-0.2, 0) is 27.9 Å². The highest BCUT2D eigenvalue weighted by atomic mass is 31.2. The SMILES string of the molecule is CCOc1nc(N)nc2c1ncn2[C@@H]1O[C@@H]2CO[P@@](=O)(N[C@@H](C)C(=O)OC3CCCC3)O[C@H]2[C@@]1(C)F. The number of ether oxygens (including phenoxy) is 3. The predicted octanol–water partition coefficient (Wildman–Crippen LogP) is 2.42. The number of imidazole rings is 1. The van der Waals surface area contributed by atoms with E-state index in [0.29, 0.717) is 12.1 Å². The first-order chi connectivity index (χ1) is 17.1. The summed E-state index contributed by atoms with van der Waals surface area (Å²) in [5.74, 6) is -0.473. The highest BCUT2D eigenvalue weighted by molar-refractivity contribution is 7.51. The van der Waals surface area contributed by atoms with Gasteiger partial charge in [0, 0.05) is 0 Å². The lowest BCUT2D eigenvalue weighted by Crippen LogP contribution is -2.47. The van der Waals surface area contributed by atoms with E-state index in [1.807, 2.05) is 0 Å². The molecule has 2 aromatic heterocycles. The summed E-state index contributed by atoms with van der Waals surface area (Å²) in [7, 11) is -4.06. The van der Waals surface area contributed by atoms with E-state index in [0.717, 1.165) is 25.7 Å². The van der Waals surface area contributed by atoms with Gasteiger partial charge in [0.05, 0.1) is 19.5 Å². The van der Waals surface area contributed by atoms with Gasteiger partial charge in [-0.3, -0.25) is 18.4 Å². The molecule has 13 nitrogen and oxygen atoms in total. The van der Waals surface area contributed by atoms with E-state index in [4.69, 9.17) is 29.0 Å². The number of nitrogen functional groups attached to an aromatic ring is 1. The van der Waals surface area contributed by atoms with Crippen LogP contribution >= 0.6 is 7.75 Å². The number of aromatic nitrogens is 4. The number of fused-ring (bicyclic) bond motifs is 2. The maximum absolute atomic E-state index is 16.3. The monoisotopic (exact) mass is 528 g/mol. The van der Waals surface area contributed by atoms with Gasteiger partial charge in [-0.1, -0.05) is 0 Å². The number of nitrogens with zero attached hydrogens (tertiary/aromatic N) is 4. The molecule has 4 heterocycles. The summed E-state index contributed by atoms with van der Waals surface area (Å²) in [6.45, 7) is 4.65. The number of nitrogens with one attached hydrogen (secondary N) is 1. The average Bonchev–Trinajstić information content (AvgIpc) is 3.53. The Morgan fingerprint density at radius 1 is 1.42 bits per heavy atom. The van der Waals surface area contributed by atoms with E-state index in [1.165, 1.54) is 24.7 Å². The van der Waals surface area contributed by atoms with Crippen LogP contribution in [0.5, 0.6) is 5.88 Å². The van der Waals surface area contributed by atoms with Crippen LogP contribution in [0.3, 0.4) is 0 Å². The van der Waals surface area contributed by atoms with Crippen LogP contribution in [0.25, 0.3) is 11.2 Å². The highest BCUT2D eigenvalue weighted by Crippen LogP contribution is 2.57. The number of alkyl halides is 1. The second-order valence-corrected chi connectivity index (χ2v) is 11.1. The zero-order chi connectivity index (χ0) is 25.7. The zero-order valence-corrected chi connectivity index (χ0v) is 21.2. The molecule has 0 unspecified atom stereocenters. The van der Waals surface area contributed by atoms with Gasteiger partial charge in [-0.15, -0.1) is 0 Å². The molecule has 0 amide bonds. The number of esters is 1. The number of nitrogens with two attached hydrogens (primary N) is 1. The maximum atomic E-state index is 16.3. The minimum absolute atomic E-state index is 0.0737. The van der Waals surface area contributed by atoms with Crippen LogP contribution in [0.2, 0.25) is 0 Å². The molecule has 198 valence electrons. The molecule has 5 rings (SSSR count). The normalized spacial score (nSPS) is 33.5. The highest BCUT2D eigenvalue weighted by Gasteiger charge is 2.61. The molecule has 2 aromatic rings. The molecule has 0 aromatic carbocycles. The Bertz CT molecular complexity index is 1190. The third kappa shape index (κ3) is 4.56. The van der Waals surface area contributed by atoms with Crippen LogP contribution in [0.15, 0.2) is 6.33 Å². The standard InChI is InChI=1S/C21H30FN6O7P/c1-4-31-17-14-16(25-20(23)26-17)28(10-24-14)19-21(3,22)15-13(34-19)9-32-36(30,35-15)27-11(2)18(29)33-12-7-5-6-8-12/h10-13,15,19H,4-9H2,1-3H3,(H,27,30)(H2,23,25,26)/t11-,13+,15+,19+,21+,36-/m0/s1. The number of carbonyl (C=O) groups excluding carboxylic acids is 1. The van der Waals surface area contributed by atoms with Gasteiger partial charge in [-0.2, -0.15) is 9.97 Å². The van der Waals surface area contributed by atoms with Gasteiger partial charge in [-0.25, -0.2) is 19.0 Å². The van der Waals surface area contributed by atoms with Crippen LogP contribution in [0, 0.1) is 0 Å². The summed E-state index contributed by atoms with van der Waals surface area (Å²) >= 11 is 0. The lowest BCUT2D eigenvalue weighted by molar-refractivity contribution is -0.150. The first-order valence-electron chi connectivity index (χ1n) is 12.0. The minimum atomic E-state index is -4.06. The summed E-state index contributed by atoms with van der Waals surface area (Å²) in [5, 5.41) is 2.57. The Morgan fingerprint density at radius 2 is 2.17 bits per heavy atom. The molecule has 0 radical (unpaired) electrons. The van der Waals surface area contributed by atoms with Crippen molar-refractivity contribution in [2.75, 3.05) is 18.9 Å². The lowest BCUT2D eigenvalue weighted by Gasteiger charge is -2.35. The molecular weight excluding hydrogens is 498 g/mol. The third-order valence-corrected chi connectivity index (χ3v) is 8.27. The van der Waals surface area contributed by atoms with Gasteiger partial charge < -0.3 is 19.9 Å². The number of carbonyl (C=O) groups is 1. The molecule has 15 heteroatoms. The number of rotatable bonds is 7. The Balaban J connectivity index is 1.34. The topological polar surface area (TPSA) is 162 Å². The molecule has 1 saturated carbocycles. The van der Waals surface area contributed by atoms with E-state index >= 15 is 4.39 Å². The van der Waals surface area contributed by atoms with Gasteiger partial charge >= 0.3 is 13.7 Å². The maximum Gasteiger partial charge on any atom is 0.406 e. The van der Waals surface area contributed by atoms with E-state index < -0.39 is 43.9 Å². The molecule has 0 spiro atoms. The number of hydrogen-bond acceptors (Lipinski definition) is 11. The Hall–Kier alpha value is -2.38. The second kappa shape index (κ2) is 9.49. The van der Waals surface area contributed by atoms with Crippen molar-refractivity contribution in [3.8, 4) is 5.88 Å². The number of anilines is 1. The Kier molecular flexibility index (Phi) is 6.66. The van der Waals surface area contributed by atoms with Crippen molar-refractivity contribution in [1.29, 1.82) is 0 Å². The molecule has 0 bridgehead atoms. The van der Waals surface area contributed by atoms with E-state index in [2.05, 4.69) is 20.0 Å². The van der Waals surface area contributed by atoms with E-state index in [1.54, 1.807) is 6.92 Å². The summed E-state index contributed by atoms with van der Waals surface area (Å²) in [6, 6.07) is -0.980. The fraction of sp³-hybridized carbons (Fsp3) is 0.714. The lowest BCUT2D eigenvalue weighted by atomic mass is 9.98. The van der Waals surface area contributed by atoms with Gasteiger partial charge in [-0.05, 0) is 46.5 Å². The summed E-state index contributed by atoms with van der Waals surface area (Å²) < 4.78 is 58.9. The van der Waals surface area contributed by atoms with Crippen LogP contribution in [0.4, 0.5) is 10.3 Å². The molecule has 3 aliphatic rings. The number of halogens is 1. The fourth-order valence-electron chi connectivity index (χ4n) is 4.81. The molecule has 2 aliphatic heterocycles. The van der Waals surface area contributed by atoms with Crippen molar-refractivity contribution in [3.05, 3.63) is 6.33 Å². The molecule has 36 heavy (non-hydrogen) atoms. The molecule has 6 atom stereocenters. The molecule has 2 saturated heterocycles. The van der Waals surface area contributed by atoms with Gasteiger partial charge in [0.25, 0.3) is 0 Å². The first-order valence-corrected chi connectivity index (χ1v) is 13.5. The first kappa shape index (κ1) is 25.3. The van der Waals surface area contributed by atoms with Crippen LogP contribution in [-0.4, -0.2) is 68.7 Å². The third-order valence-electron chi connectivity index (χ3n) is 6.57. The van der Waals surface area contributed by atoms with Crippen molar-refractivity contribution in [3.63, 3.8) is 0 Å². The van der Waals surface area contributed by atoms with Crippen molar-refractivity contribution in [2.24, 2.45) is 0 Å². The fourth-order valence-corrected chi connectivity index (χ4v) is 6.57. The Morgan fingerprint density at radius 3 is 2.89 bits per heavy atom. The largest absolute Gasteiger partial charge is 0.476 e. The number of hydrogen-bond donors (Lipinski definition) is 2.